The summed E-state index contributed by atoms with van der Waals surface area (Å²) in [4.78, 5) is 21.7. The lowest BCUT2D eigenvalue weighted by atomic mass is 10.2. The van der Waals surface area contributed by atoms with Crippen molar-refractivity contribution < 1.29 is 18.5 Å². The molecule has 0 spiro atoms. The van der Waals surface area contributed by atoms with Gasteiger partial charge in [0.1, 0.15) is 17.3 Å². The normalized spacial score (nSPS) is 10.1. The van der Waals surface area contributed by atoms with E-state index in [1.54, 1.807) is 12.1 Å². The van der Waals surface area contributed by atoms with Gasteiger partial charge >= 0.3 is 0 Å². The number of nitro groups is 1. The third-order valence-corrected chi connectivity index (χ3v) is 2.64. The number of amides is 1. The van der Waals surface area contributed by atoms with E-state index in [0.717, 1.165) is 12.1 Å². The van der Waals surface area contributed by atoms with Crippen LogP contribution in [0.4, 0.5) is 15.8 Å². The molecule has 0 radical (unpaired) electrons. The van der Waals surface area contributed by atoms with E-state index in [9.17, 15) is 19.3 Å². The highest BCUT2D eigenvalue weighted by atomic mass is 19.1. The van der Waals surface area contributed by atoms with Gasteiger partial charge < -0.3 is 15.1 Å². The Bertz CT molecular complexity index is 643. The van der Waals surface area contributed by atoms with E-state index in [4.69, 9.17) is 4.42 Å². The Hall–Kier alpha value is -2.90. The summed E-state index contributed by atoms with van der Waals surface area (Å²) in [5.74, 6) is -0.490. The number of nitrogens with zero attached hydrogens (tertiary/aromatic N) is 1. The highest BCUT2D eigenvalue weighted by Gasteiger charge is 2.15. The average Bonchev–Trinajstić information content (AvgIpc) is 2.97. The number of rotatable bonds is 6. The second kappa shape index (κ2) is 6.51. The van der Waals surface area contributed by atoms with Crippen LogP contribution in [0.5, 0.6) is 0 Å². The summed E-state index contributed by atoms with van der Waals surface area (Å²) in [5, 5.41) is 16.0. The molecule has 0 aliphatic rings. The van der Waals surface area contributed by atoms with E-state index >= 15 is 0 Å². The molecular formula is C13H12FN3O4. The van der Waals surface area contributed by atoms with Crippen LogP contribution in [0.1, 0.15) is 5.76 Å². The quantitative estimate of drug-likeness (QED) is 0.627. The van der Waals surface area contributed by atoms with Crippen LogP contribution in [-0.2, 0) is 11.3 Å². The molecule has 2 aromatic rings. The lowest BCUT2D eigenvalue weighted by molar-refractivity contribution is -0.384. The number of halogens is 1. The van der Waals surface area contributed by atoms with Crippen LogP contribution in [0.2, 0.25) is 0 Å². The number of hydrogen-bond acceptors (Lipinski definition) is 5. The maximum atomic E-state index is 13.0. The van der Waals surface area contributed by atoms with Crippen LogP contribution >= 0.6 is 0 Å². The van der Waals surface area contributed by atoms with Crippen LogP contribution in [0.15, 0.2) is 41.0 Å². The molecule has 2 rings (SSSR count). The van der Waals surface area contributed by atoms with Gasteiger partial charge in [-0.25, -0.2) is 4.39 Å². The molecule has 110 valence electrons. The van der Waals surface area contributed by atoms with Crippen LogP contribution in [0.25, 0.3) is 0 Å². The largest absolute Gasteiger partial charge is 0.467 e. The Morgan fingerprint density at radius 3 is 2.86 bits per heavy atom. The van der Waals surface area contributed by atoms with Crippen LogP contribution < -0.4 is 10.6 Å². The fourth-order valence-corrected chi connectivity index (χ4v) is 1.64. The zero-order valence-electron chi connectivity index (χ0n) is 10.8. The predicted octanol–water partition coefficient (Wildman–Crippen LogP) is 2.06. The number of anilines is 1. The van der Waals surface area contributed by atoms with Crippen molar-refractivity contribution in [2.24, 2.45) is 0 Å². The number of nitrogens with one attached hydrogen (secondary N) is 2. The van der Waals surface area contributed by atoms with Crippen LogP contribution in [0.3, 0.4) is 0 Å². The summed E-state index contributed by atoms with van der Waals surface area (Å²) in [7, 11) is 0. The van der Waals surface area contributed by atoms with E-state index in [1.807, 2.05) is 0 Å². The molecule has 21 heavy (non-hydrogen) atoms. The molecule has 2 N–H and O–H groups in total. The van der Waals surface area contributed by atoms with Crippen LogP contribution in [-0.4, -0.2) is 17.4 Å². The summed E-state index contributed by atoms with van der Waals surface area (Å²) in [6.07, 6.45) is 1.49. The van der Waals surface area contributed by atoms with Crippen molar-refractivity contribution in [1.29, 1.82) is 0 Å². The lowest BCUT2D eigenvalue weighted by Crippen LogP contribution is -2.29. The van der Waals surface area contributed by atoms with Gasteiger partial charge in [0, 0.05) is 0 Å². The summed E-state index contributed by atoms with van der Waals surface area (Å²) in [6, 6.07) is 6.49. The van der Waals surface area contributed by atoms with Crippen molar-refractivity contribution in [1.82, 2.24) is 5.32 Å². The minimum Gasteiger partial charge on any atom is -0.467 e. The third kappa shape index (κ3) is 4.03. The van der Waals surface area contributed by atoms with Gasteiger partial charge in [0.15, 0.2) is 0 Å². The maximum absolute atomic E-state index is 13.0. The molecule has 7 nitrogen and oxygen atoms in total. The molecule has 8 heteroatoms. The minimum atomic E-state index is -0.716. The standard InChI is InChI=1S/C13H12FN3O4/c14-9-3-4-11(12(6-9)17(19)20)15-8-13(18)16-7-10-2-1-5-21-10/h1-6,15H,7-8H2,(H,16,18). The van der Waals surface area contributed by atoms with Gasteiger partial charge in [-0.1, -0.05) is 0 Å². The summed E-state index contributed by atoms with van der Waals surface area (Å²) < 4.78 is 18.0. The third-order valence-electron chi connectivity index (χ3n) is 2.64. The van der Waals surface area contributed by atoms with Crippen molar-refractivity contribution in [3.05, 3.63) is 58.3 Å². The van der Waals surface area contributed by atoms with Gasteiger partial charge in [0.2, 0.25) is 5.91 Å². The van der Waals surface area contributed by atoms with E-state index in [-0.39, 0.29) is 24.7 Å². The number of carbonyl (C=O) groups excluding carboxylic acids is 1. The number of hydrogen-bond donors (Lipinski definition) is 2. The molecule has 0 aliphatic carbocycles. The topological polar surface area (TPSA) is 97.4 Å². The molecule has 1 heterocycles. The Balaban J connectivity index is 1.90. The molecule has 0 saturated carbocycles. The molecule has 0 aliphatic heterocycles. The number of carbonyl (C=O) groups is 1. The van der Waals surface area contributed by atoms with Gasteiger partial charge in [0.25, 0.3) is 5.69 Å². The van der Waals surface area contributed by atoms with Gasteiger partial charge in [0.05, 0.1) is 30.3 Å². The minimum absolute atomic E-state index is 0.0783. The fraction of sp³-hybridized carbons (Fsp3) is 0.154. The predicted molar refractivity (Wildman–Crippen MR) is 72.1 cm³/mol. The Morgan fingerprint density at radius 1 is 1.38 bits per heavy atom. The zero-order chi connectivity index (χ0) is 15.2. The second-order valence-electron chi connectivity index (χ2n) is 4.13. The first-order chi connectivity index (χ1) is 10.1. The monoisotopic (exact) mass is 293 g/mol. The highest BCUT2D eigenvalue weighted by molar-refractivity contribution is 5.81. The summed E-state index contributed by atoms with van der Waals surface area (Å²) in [5.41, 5.74) is -0.344. The van der Waals surface area contributed by atoms with Gasteiger partial charge in [-0.05, 0) is 24.3 Å². The Labute approximate surface area is 118 Å². The van der Waals surface area contributed by atoms with Crippen molar-refractivity contribution in [3.63, 3.8) is 0 Å². The lowest BCUT2D eigenvalue weighted by Gasteiger charge is -2.07. The molecule has 0 unspecified atom stereocenters. The zero-order valence-corrected chi connectivity index (χ0v) is 10.8. The van der Waals surface area contributed by atoms with Crippen LogP contribution in [0, 0.1) is 15.9 Å². The maximum Gasteiger partial charge on any atom is 0.295 e. The Kier molecular flexibility index (Phi) is 4.50. The smallest absolute Gasteiger partial charge is 0.295 e. The molecule has 0 saturated heterocycles. The average molecular weight is 293 g/mol. The molecule has 1 aromatic carbocycles. The van der Waals surface area contributed by atoms with E-state index in [1.165, 1.54) is 12.3 Å². The number of nitro benzene ring substituents is 1. The van der Waals surface area contributed by atoms with E-state index < -0.39 is 16.4 Å². The molecular weight excluding hydrogens is 281 g/mol. The van der Waals surface area contributed by atoms with Crippen molar-refractivity contribution in [2.45, 2.75) is 6.54 Å². The van der Waals surface area contributed by atoms with Crippen molar-refractivity contribution in [2.75, 3.05) is 11.9 Å². The molecule has 0 fully saturated rings. The summed E-state index contributed by atoms with van der Waals surface area (Å²) in [6.45, 7) is 0.0478. The van der Waals surface area contributed by atoms with E-state index in [0.29, 0.717) is 5.76 Å². The van der Waals surface area contributed by atoms with Gasteiger partial charge in [-0.2, -0.15) is 0 Å². The van der Waals surface area contributed by atoms with E-state index in [2.05, 4.69) is 10.6 Å². The van der Waals surface area contributed by atoms with Gasteiger partial charge in [-0.15, -0.1) is 0 Å². The van der Waals surface area contributed by atoms with Gasteiger partial charge in [-0.3, -0.25) is 14.9 Å². The second-order valence-corrected chi connectivity index (χ2v) is 4.13. The summed E-state index contributed by atoms with van der Waals surface area (Å²) >= 11 is 0. The Morgan fingerprint density at radius 2 is 2.19 bits per heavy atom. The highest BCUT2D eigenvalue weighted by Crippen LogP contribution is 2.24. The molecule has 1 amide bonds. The number of benzene rings is 1. The first-order valence-electron chi connectivity index (χ1n) is 6.03. The first-order valence-corrected chi connectivity index (χ1v) is 6.03. The van der Waals surface area contributed by atoms with Crippen molar-refractivity contribution in [3.8, 4) is 0 Å². The fourth-order valence-electron chi connectivity index (χ4n) is 1.64. The SMILES string of the molecule is O=C(CNc1ccc(F)cc1[N+](=O)[O-])NCc1ccco1. The van der Waals surface area contributed by atoms with Crippen molar-refractivity contribution >= 4 is 17.3 Å². The molecule has 0 atom stereocenters. The number of furan rings is 1. The molecule has 0 bridgehead atoms. The first kappa shape index (κ1) is 14.5. The molecule has 1 aromatic heterocycles.